The molecule has 0 bridgehead atoms. The lowest BCUT2D eigenvalue weighted by molar-refractivity contribution is -0.138. The van der Waals surface area contributed by atoms with Gasteiger partial charge in [-0.05, 0) is 37.5 Å². The normalized spacial score (nSPS) is 15.1. The minimum Gasteiger partial charge on any atom is -0.444 e. The highest BCUT2D eigenvalue weighted by atomic mass is 16.6. The van der Waals surface area contributed by atoms with E-state index in [4.69, 9.17) is 4.74 Å². The van der Waals surface area contributed by atoms with E-state index < -0.39 is 17.7 Å². The molecule has 0 saturated carbocycles. The van der Waals surface area contributed by atoms with Crippen LogP contribution in [-0.4, -0.2) is 65.5 Å². The molecule has 1 heterocycles. The van der Waals surface area contributed by atoms with Crippen LogP contribution in [0.3, 0.4) is 0 Å². The van der Waals surface area contributed by atoms with Gasteiger partial charge in [0.15, 0.2) is 0 Å². The Balaban J connectivity index is 1.55. The fourth-order valence-electron chi connectivity index (χ4n) is 4.20. The minimum absolute atomic E-state index is 0.0446. The van der Waals surface area contributed by atoms with Gasteiger partial charge in [-0.15, -0.1) is 0 Å². The van der Waals surface area contributed by atoms with E-state index in [2.05, 4.69) is 27.7 Å². The average molecular weight is 509 g/mol. The Labute approximate surface area is 220 Å². The number of rotatable bonds is 9. The molecule has 0 radical (unpaired) electrons. The number of alkyl carbamates (subject to hydrolysis) is 1. The van der Waals surface area contributed by atoms with Crippen molar-refractivity contribution >= 4 is 17.9 Å². The molecule has 2 aromatic rings. The molecular weight excluding hydrogens is 468 g/mol. The molecule has 37 heavy (non-hydrogen) atoms. The van der Waals surface area contributed by atoms with Gasteiger partial charge in [0.1, 0.15) is 11.6 Å². The second-order valence-electron chi connectivity index (χ2n) is 10.4. The van der Waals surface area contributed by atoms with E-state index in [9.17, 15) is 14.4 Å². The van der Waals surface area contributed by atoms with Gasteiger partial charge in [-0.25, -0.2) is 4.79 Å². The summed E-state index contributed by atoms with van der Waals surface area (Å²) in [6.07, 6.45) is 0.270. The van der Waals surface area contributed by atoms with Crippen LogP contribution in [0.25, 0.3) is 0 Å². The van der Waals surface area contributed by atoms with Crippen LogP contribution in [0.15, 0.2) is 54.6 Å². The fraction of sp³-hybridized carbons (Fsp3) is 0.483. The van der Waals surface area contributed by atoms with Gasteiger partial charge < -0.3 is 20.3 Å². The number of carbonyl (C=O) groups is 3. The number of ether oxygens (including phenoxy) is 1. The molecule has 200 valence electrons. The van der Waals surface area contributed by atoms with E-state index in [1.165, 1.54) is 5.56 Å². The van der Waals surface area contributed by atoms with Crippen molar-refractivity contribution in [3.05, 3.63) is 71.3 Å². The highest BCUT2D eigenvalue weighted by molar-refractivity contribution is 5.88. The van der Waals surface area contributed by atoms with Crippen LogP contribution in [0.1, 0.15) is 50.8 Å². The fourth-order valence-corrected chi connectivity index (χ4v) is 4.20. The number of carbonyl (C=O) groups excluding carboxylic acids is 3. The van der Waals surface area contributed by atoms with Gasteiger partial charge in [0.05, 0.1) is 0 Å². The number of nitrogens with one attached hydrogen (secondary N) is 2. The molecule has 1 fully saturated rings. The zero-order valence-corrected chi connectivity index (χ0v) is 22.5. The number of piperazine rings is 1. The molecule has 3 rings (SSSR count). The first-order chi connectivity index (χ1) is 17.6. The van der Waals surface area contributed by atoms with Gasteiger partial charge in [-0.3, -0.25) is 14.5 Å². The summed E-state index contributed by atoms with van der Waals surface area (Å²) in [5.74, 6) is -0.184. The third kappa shape index (κ3) is 9.53. The summed E-state index contributed by atoms with van der Waals surface area (Å²) in [5, 5.41) is 5.67. The molecule has 2 aromatic carbocycles. The number of nitrogens with zero attached hydrogens (tertiary/aromatic N) is 2. The molecule has 0 aliphatic carbocycles. The summed E-state index contributed by atoms with van der Waals surface area (Å²) >= 11 is 0. The van der Waals surface area contributed by atoms with Crippen molar-refractivity contribution < 1.29 is 19.1 Å². The van der Waals surface area contributed by atoms with Gasteiger partial charge in [0.25, 0.3) is 0 Å². The Morgan fingerprint density at radius 1 is 0.892 bits per heavy atom. The summed E-state index contributed by atoms with van der Waals surface area (Å²) in [6, 6.07) is 17.4. The van der Waals surface area contributed by atoms with E-state index in [1.54, 1.807) is 6.92 Å². The average Bonchev–Trinajstić information content (AvgIpc) is 2.87. The summed E-state index contributed by atoms with van der Waals surface area (Å²) in [7, 11) is 0. The summed E-state index contributed by atoms with van der Waals surface area (Å²) in [6.45, 7) is 11.3. The van der Waals surface area contributed by atoms with Crippen molar-refractivity contribution in [2.24, 2.45) is 0 Å². The topological polar surface area (TPSA) is 91.0 Å². The van der Waals surface area contributed by atoms with Crippen LogP contribution in [0.2, 0.25) is 0 Å². The van der Waals surface area contributed by atoms with Crippen LogP contribution < -0.4 is 10.6 Å². The summed E-state index contributed by atoms with van der Waals surface area (Å²) < 4.78 is 5.27. The molecule has 8 heteroatoms. The van der Waals surface area contributed by atoms with Gasteiger partial charge in [0, 0.05) is 52.1 Å². The minimum atomic E-state index is -0.612. The third-order valence-electron chi connectivity index (χ3n) is 6.19. The lowest BCUT2D eigenvalue weighted by Gasteiger charge is -2.36. The molecular formula is C29H40N4O4. The molecule has 3 amide bonds. The summed E-state index contributed by atoms with van der Waals surface area (Å²) in [4.78, 5) is 41.7. The van der Waals surface area contributed by atoms with E-state index in [0.29, 0.717) is 32.5 Å². The van der Waals surface area contributed by atoms with Crippen molar-refractivity contribution in [3.63, 3.8) is 0 Å². The molecule has 0 aromatic heterocycles. The number of benzene rings is 2. The lowest BCUT2D eigenvalue weighted by atomic mass is 10.0. The lowest BCUT2D eigenvalue weighted by Crippen LogP contribution is -2.55. The van der Waals surface area contributed by atoms with Crippen molar-refractivity contribution in [2.45, 2.75) is 65.3 Å². The van der Waals surface area contributed by atoms with Crippen LogP contribution >= 0.6 is 0 Å². The first kappa shape index (κ1) is 28.2. The largest absolute Gasteiger partial charge is 0.444 e. The molecule has 1 unspecified atom stereocenters. The molecule has 0 spiro atoms. The van der Waals surface area contributed by atoms with Crippen LogP contribution in [0.5, 0.6) is 0 Å². The smallest absolute Gasteiger partial charge is 0.407 e. The number of hydrogen-bond donors (Lipinski definition) is 2. The highest BCUT2D eigenvalue weighted by Crippen LogP contribution is 2.13. The van der Waals surface area contributed by atoms with E-state index in [0.717, 1.165) is 30.8 Å². The molecule has 1 saturated heterocycles. The zero-order valence-electron chi connectivity index (χ0n) is 22.5. The van der Waals surface area contributed by atoms with Crippen LogP contribution in [0.4, 0.5) is 4.79 Å². The second-order valence-corrected chi connectivity index (χ2v) is 10.4. The van der Waals surface area contributed by atoms with Gasteiger partial charge in [-0.2, -0.15) is 0 Å². The predicted octanol–water partition coefficient (Wildman–Crippen LogP) is 3.49. The predicted molar refractivity (Wildman–Crippen MR) is 144 cm³/mol. The van der Waals surface area contributed by atoms with E-state index in [1.807, 2.05) is 68.1 Å². The molecule has 1 aliphatic rings. The number of hydrogen-bond acceptors (Lipinski definition) is 5. The second kappa shape index (κ2) is 13.2. The first-order valence-electron chi connectivity index (χ1n) is 13.0. The molecule has 8 nitrogen and oxygen atoms in total. The quantitative estimate of drug-likeness (QED) is 0.541. The number of amides is 3. The monoisotopic (exact) mass is 508 g/mol. The summed E-state index contributed by atoms with van der Waals surface area (Å²) in [5.41, 5.74) is 2.58. The SMILES string of the molecule is CCC(=O)NC(Cc1ccc(CNC(=O)OC(C)(C)C)cc1)C(=O)N1CCN(Cc2ccccc2)CC1. The maximum Gasteiger partial charge on any atom is 0.407 e. The van der Waals surface area contributed by atoms with Crippen molar-refractivity contribution in [1.29, 1.82) is 0 Å². The Bertz CT molecular complexity index is 1030. The van der Waals surface area contributed by atoms with Gasteiger partial charge >= 0.3 is 6.09 Å². The Kier molecular flexibility index (Phi) is 10.1. The van der Waals surface area contributed by atoms with Crippen LogP contribution in [0, 0.1) is 0 Å². The van der Waals surface area contributed by atoms with E-state index >= 15 is 0 Å². The molecule has 1 aliphatic heterocycles. The highest BCUT2D eigenvalue weighted by Gasteiger charge is 2.28. The van der Waals surface area contributed by atoms with Crippen molar-refractivity contribution in [2.75, 3.05) is 26.2 Å². The van der Waals surface area contributed by atoms with Gasteiger partial charge in [0.2, 0.25) is 11.8 Å². The van der Waals surface area contributed by atoms with Gasteiger partial charge in [-0.1, -0.05) is 61.5 Å². The Morgan fingerprint density at radius 2 is 1.51 bits per heavy atom. The van der Waals surface area contributed by atoms with Crippen molar-refractivity contribution in [3.8, 4) is 0 Å². The third-order valence-corrected chi connectivity index (χ3v) is 6.19. The maximum absolute atomic E-state index is 13.4. The standard InChI is InChI=1S/C29H40N4O4/c1-5-26(34)31-25(19-22-11-13-23(14-12-22)20-30-28(36)37-29(2,3)4)27(35)33-17-15-32(16-18-33)21-24-9-7-6-8-10-24/h6-14,25H,5,15-21H2,1-4H3,(H,30,36)(H,31,34). The van der Waals surface area contributed by atoms with Crippen LogP contribution in [-0.2, 0) is 33.8 Å². The van der Waals surface area contributed by atoms with E-state index in [-0.39, 0.29) is 11.8 Å². The van der Waals surface area contributed by atoms with Crippen molar-refractivity contribution in [1.82, 2.24) is 20.4 Å². The molecule has 1 atom stereocenters. The maximum atomic E-state index is 13.4. The first-order valence-corrected chi connectivity index (χ1v) is 13.0. The Morgan fingerprint density at radius 3 is 2.11 bits per heavy atom. The zero-order chi connectivity index (χ0) is 26.8. The molecule has 2 N–H and O–H groups in total. The Hall–Kier alpha value is -3.39.